The van der Waals surface area contributed by atoms with Crippen molar-refractivity contribution in [3.8, 4) is 0 Å². The third-order valence-corrected chi connectivity index (χ3v) is 11.1. The van der Waals surface area contributed by atoms with Crippen molar-refractivity contribution >= 4 is 19.8 Å². The van der Waals surface area contributed by atoms with Crippen LogP contribution in [-0.2, 0) is 32.7 Å². The zero-order valence-corrected chi connectivity index (χ0v) is 39.6. The van der Waals surface area contributed by atoms with Gasteiger partial charge in [-0.15, -0.1) is 0 Å². The average Bonchev–Trinajstić information content (AvgIpc) is 3.19. The van der Waals surface area contributed by atoms with E-state index in [1.165, 1.54) is 116 Å². The molecular weight excluding hydrogens is 762 g/mol. The summed E-state index contributed by atoms with van der Waals surface area (Å²) in [5, 5.41) is 0. The Kier molecular flexibility index (Phi) is 39.9. The normalized spacial score (nSPS) is 13.9. The summed E-state index contributed by atoms with van der Waals surface area (Å²) in [5.41, 5.74) is 0. The van der Waals surface area contributed by atoms with E-state index in [2.05, 4.69) is 62.5 Å². The number of ether oxygens (including phenoxy) is 2. The van der Waals surface area contributed by atoms with Gasteiger partial charge in [0, 0.05) is 12.8 Å². The van der Waals surface area contributed by atoms with E-state index >= 15 is 0 Å². The second kappa shape index (κ2) is 41.3. The second-order valence-electron chi connectivity index (χ2n) is 17.1. The van der Waals surface area contributed by atoms with Crippen LogP contribution in [0.15, 0.2) is 48.6 Å². The van der Waals surface area contributed by atoms with Gasteiger partial charge in [0.05, 0.1) is 27.7 Å². The largest absolute Gasteiger partial charge is 0.756 e. The Bertz CT molecular complexity index is 1150. The van der Waals surface area contributed by atoms with Gasteiger partial charge in [0.25, 0.3) is 7.82 Å². The van der Waals surface area contributed by atoms with Crippen molar-refractivity contribution in [2.24, 2.45) is 0 Å². The number of nitrogens with zero attached hydrogens (tertiary/aromatic N) is 1. The molecule has 0 aromatic rings. The fourth-order valence-corrected chi connectivity index (χ4v) is 7.08. The number of quaternary nitrogens is 1. The van der Waals surface area contributed by atoms with Gasteiger partial charge in [-0.05, 0) is 51.4 Å². The number of rotatable bonds is 43. The first-order chi connectivity index (χ1) is 28.5. The number of phosphoric ester groups is 1. The maximum Gasteiger partial charge on any atom is 0.306 e. The molecule has 0 bridgehead atoms. The van der Waals surface area contributed by atoms with Crippen molar-refractivity contribution in [3.63, 3.8) is 0 Å². The Labute approximate surface area is 363 Å². The molecule has 0 spiro atoms. The van der Waals surface area contributed by atoms with E-state index < -0.39 is 32.5 Å². The number of hydrogen-bond donors (Lipinski definition) is 0. The van der Waals surface area contributed by atoms with Gasteiger partial charge in [0.1, 0.15) is 19.8 Å². The molecule has 0 amide bonds. The Morgan fingerprint density at radius 1 is 0.525 bits per heavy atom. The second-order valence-corrected chi connectivity index (χ2v) is 18.5. The number of carbonyl (C=O) groups excluding carboxylic acids is 2. The minimum absolute atomic E-state index is 0.0393. The highest BCUT2D eigenvalue weighted by atomic mass is 31.2. The standard InChI is InChI=1S/C49H90NO8P/c1-6-8-10-12-14-16-18-20-22-23-24-25-26-27-28-30-31-33-35-37-39-41-48(51)55-45-47(46-57-59(53,54)56-44-43-50(3,4)5)58-49(52)42-40-38-36-34-32-29-21-19-17-15-13-11-9-7-2/h22-23,25-26,28,30,33,35,47H,6-21,24,27,29,31-32,34,36-46H2,1-5H3/b23-22+,26-25+,30-28+,35-33+/t47-/m0/s1. The van der Waals surface area contributed by atoms with Crippen LogP contribution >= 0.6 is 7.82 Å². The number of carbonyl (C=O) groups is 2. The number of unbranched alkanes of at least 4 members (excludes halogenated alkanes) is 21. The lowest BCUT2D eigenvalue weighted by Crippen LogP contribution is -2.37. The molecule has 0 heterocycles. The predicted molar refractivity (Wildman–Crippen MR) is 245 cm³/mol. The topological polar surface area (TPSA) is 111 Å². The number of allylic oxidation sites excluding steroid dienone is 8. The summed E-state index contributed by atoms with van der Waals surface area (Å²) in [6.45, 7) is 4.17. The van der Waals surface area contributed by atoms with Crippen molar-refractivity contribution < 1.29 is 42.1 Å². The van der Waals surface area contributed by atoms with Gasteiger partial charge in [-0.25, -0.2) is 0 Å². The molecule has 0 aromatic heterocycles. The summed E-state index contributed by atoms with van der Waals surface area (Å²) in [4.78, 5) is 37.6. The summed E-state index contributed by atoms with van der Waals surface area (Å²) in [6, 6.07) is 0. The van der Waals surface area contributed by atoms with Crippen LogP contribution in [0, 0.1) is 0 Å². The molecular formula is C49H90NO8P. The molecule has 0 saturated carbocycles. The average molecular weight is 852 g/mol. The van der Waals surface area contributed by atoms with Crippen LogP contribution in [0.25, 0.3) is 0 Å². The summed E-state index contributed by atoms with van der Waals surface area (Å²) in [6.07, 6.45) is 48.6. The third kappa shape index (κ3) is 45.3. The summed E-state index contributed by atoms with van der Waals surface area (Å²) in [5.74, 6) is -0.896. The fourth-order valence-electron chi connectivity index (χ4n) is 6.35. The SMILES string of the molecule is CCCCCCCCC/C=C/C/C=C/C/C=C/C/C=C/CCCC(=O)OC[C@@H](COP(=O)([O-])OCC[N+](C)(C)C)OC(=O)CCCCCCCCCCCCCCCC. The van der Waals surface area contributed by atoms with Gasteiger partial charge in [-0.3, -0.25) is 14.2 Å². The first kappa shape index (κ1) is 57.0. The Hall–Kier alpha value is -2.03. The maximum absolute atomic E-state index is 12.7. The van der Waals surface area contributed by atoms with Gasteiger partial charge in [0.15, 0.2) is 6.10 Å². The van der Waals surface area contributed by atoms with E-state index in [9.17, 15) is 19.0 Å². The van der Waals surface area contributed by atoms with E-state index in [0.29, 0.717) is 23.9 Å². The molecule has 0 aliphatic heterocycles. The van der Waals surface area contributed by atoms with Crippen LogP contribution in [0.1, 0.15) is 200 Å². The maximum atomic E-state index is 12.7. The smallest absolute Gasteiger partial charge is 0.306 e. The number of phosphoric acid groups is 1. The molecule has 1 unspecified atom stereocenters. The highest BCUT2D eigenvalue weighted by Gasteiger charge is 2.21. The van der Waals surface area contributed by atoms with E-state index in [1.807, 2.05) is 21.1 Å². The van der Waals surface area contributed by atoms with E-state index in [-0.39, 0.29) is 26.1 Å². The van der Waals surface area contributed by atoms with Crippen molar-refractivity contribution in [2.45, 2.75) is 206 Å². The van der Waals surface area contributed by atoms with Crippen molar-refractivity contribution in [1.29, 1.82) is 0 Å². The van der Waals surface area contributed by atoms with Crippen LogP contribution in [-0.4, -0.2) is 70.0 Å². The molecule has 0 aliphatic carbocycles. The van der Waals surface area contributed by atoms with Crippen LogP contribution in [0.4, 0.5) is 0 Å². The highest BCUT2D eigenvalue weighted by molar-refractivity contribution is 7.45. The molecule has 0 radical (unpaired) electrons. The monoisotopic (exact) mass is 852 g/mol. The molecule has 344 valence electrons. The van der Waals surface area contributed by atoms with E-state index in [0.717, 1.165) is 44.9 Å². The number of hydrogen-bond acceptors (Lipinski definition) is 8. The minimum atomic E-state index is -4.64. The van der Waals surface area contributed by atoms with Crippen LogP contribution < -0.4 is 4.89 Å². The Morgan fingerprint density at radius 3 is 1.41 bits per heavy atom. The zero-order chi connectivity index (χ0) is 43.6. The van der Waals surface area contributed by atoms with Gasteiger partial charge in [-0.2, -0.15) is 0 Å². The molecule has 9 nitrogen and oxygen atoms in total. The van der Waals surface area contributed by atoms with Gasteiger partial charge < -0.3 is 27.9 Å². The first-order valence-corrected chi connectivity index (χ1v) is 25.3. The molecule has 10 heteroatoms. The molecule has 0 aliphatic rings. The Morgan fingerprint density at radius 2 is 0.932 bits per heavy atom. The van der Waals surface area contributed by atoms with Crippen molar-refractivity contribution in [1.82, 2.24) is 0 Å². The van der Waals surface area contributed by atoms with Gasteiger partial charge in [-0.1, -0.05) is 184 Å². The molecule has 0 rings (SSSR count). The van der Waals surface area contributed by atoms with Crippen LogP contribution in [0.2, 0.25) is 0 Å². The predicted octanol–water partition coefficient (Wildman–Crippen LogP) is 13.2. The van der Waals surface area contributed by atoms with Gasteiger partial charge >= 0.3 is 11.9 Å². The van der Waals surface area contributed by atoms with E-state index in [4.69, 9.17) is 18.5 Å². The molecule has 59 heavy (non-hydrogen) atoms. The lowest BCUT2D eigenvalue weighted by atomic mass is 10.0. The molecule has 0 aromatic carbocycles. The Balaban J connectivity index is 4.38. The van der Waals surface area contributed by atoms with Gasteiger partial charge in [0.2, 0.25) is 0 Å². The van der Waals surface area contributed by atoms with E-state index in [1.54, 1.807) is 0 Å². The van der Waals surface area contributed by atoms with Crippen molar-refractivity contribution in [3.05, 3.63) is 48.6 Å². The lowest BCUT2D eigenvalue weighted by molar-refractivity contribution is -0.870. The number of esters is 2. The number of likely N-dealkylation sites (N-methyl/N-ethyl adjacent to an activating group) is 1. The molecule has 0 N–H and O–H groups in total. The van der Waals surface area contributed by atoms with Crippen molar-refractivity contribution in [2.75, 3.05) is 47.5 Å². The summed E-state index contributed by atoms with van der Waals surface area (Å²) in [7, 11) is 1.14. The highest BCUT2D eigenvalue weighted by Crippen LogP contribution is 2.38. The molecule has 2 atom stereocenters. The zero-order valence-electron chi connectivity index (χ0n) is 38.7. The first-order valence-electron chi connectivity index (χ1n) is 23.8. The quantitative estimate of drug-likeness (QED) is 0.0196. The molecule has 0 saturated heterocycles. The lowest BCUT2D eigenvalue weighted by Gasteiger charge is -2.28. The minimum Gasteiger partial charge on any atom is -0.756 e. The summed E-state index contributed by atoms with van der Waals surface area (Å²) < 4.78 is 33.9. The fraction of sp³-hybridized carbons (Fsp3) is 0.796. The summed E-state index contributed by atoms with van der Waals surface area (Å²) >= 11 is 0. The molecule has 0 fully saturated rings. The van der Waals surface area contributed by atoms with Crippen LogP contribution in [0.5, 0.6) is 0 Å². The van der Waals surface area contributed by atoms with Crippen LogP contribution in [0.3, 0.4) is 0 Å². The third-order valence-electron chi connectivity index (χ3n) is 10.1.